The summed E-state index contributed by atoms with van der Waals surface area (Å²) in [5, 5.41) is 19.0. The Kier molecular flexibility index (Phi) is 5.21. The molecule has 0 heterocycles. The lowest BCUT2D eigenvalue weighted by Gasteiger charge is -2.14. The summed E-state index contributed by atoms with van der Waals surface area (Å²) >= 11 is 0. The molecule has 0 unspecified atom stereocenters. The highest BCUT2D eigenvalue weighted by Gasteiger charge is 2.18. The van der Waals surface area contributed by atoms with E-state index in [-0.39, 0.29) is 0 Å². The zero-order valence-corrected chi connectivity index (χ0v) is 11.6. The third kappa shape index (κ3) is 3.41. The molecule has 0 aliphatic heterocycles. The summed E-state index contributed by atoms with van der Waals surface area (Å²) in [5.41, 5.74) is 2.15. The second-order valence-electron chi connectivity index (χ2n) is 4.66. The highest BCUT2D eigenvalue weighted by molar-refractivity contribution is 6.60. The fourth-order valence-corrected chi connectivity index (χ4v) is 2.11. The Balaban J connectivity index is 2.37. The number of hydrogen-bond acceptors (Lipinski definition) is 3. The molecule has 0 saturated carbocycles. The van der Waals surface area contributed by atoms with Gasteiger partial charge in [-0.1, -0.05) is 55.8 Å². The predicted molar refractivity (Wildman–Crippen MR) is 82.1 cm³/mol. The van der Waals surface area contributed by atoms with Gasteiger partial charge in [0.05, 0.1) is 6.61 Å². The van der Waals surface area contributed by atoms with Crippen molar-refractivity contribution in [1.29, 1.82) is 0 Å². The van der Waals surface area contributed by atoms with Crippen molar-refractivity contribution in [2.24, 2.45) is 0 Å². The molecule has 0 spiro atoms. The first kappa shape index (κ1) is 14.6. The SMILES string of the molecule is CCCCOc1ccccc1-c1ccccc1B(O)O. The molecule has 20 heavy (non-hydrogen) atoms. The Bertz CT molecular complexity index is 555. The standard InChI is InChI=1S/C16H19BO3/c1-2-3-12-20-16-11-7-5-9-14(16)13-8-4-6-10-15(13)17(18)19/h4-11,18-19H,2-3,12H2,1H3. The summed E-state index contributed by atoms with van der Waals surface area (Å²) in [6.07, 6.45) is 2.08. The molecule has 2 aromatic carbocycles. The minimum Gasteiger partial charge on any atom is -0.493 e. The van der Waals surface area contributed by atoms with Crippen molar-refractivity contribution >= 4 is 12.6 Å². The molecular formula is C16H19BO3. The van der Waals surface area contributed by atoms with Crippen molar-refractivity contribution in [3.63, 3.8) is 0 Å². The van der Waals surface area contributed by atoms with Crippen molar-refractivity contribution in [2.45, 2.75) is 19.8 Å². The lowest BCUT2D eigenvalue weighted by molar-refractivity contribution is 0.310. The average Bonchev–Trinajstić information content (AvgIpc) is 2.48. The zero-order valence-electron chi connectivity index (χ0n) is 11.6. The molecule has 0 atom stereocenters. The second kappa shape index (κ2) is 7.13. The van der Waals surface area contributed by atoms with Gasteiger partial charge in [-0.25, -0.2) is 0 Å². The van der Waals surface area contributed by atoms with Gasteiger partial charge in [-0.3, -0.25) is 0 Å². The van der Waals surface area contributed by atoms with E-state index in [9.17, 15) is 10.0 Å². The van der Waals surface area contributed by atoms with E-state index in [1.54, 1.807) is 12.1 Å². The van der Waals surface area contributed by atoms with E-state index in [4.69, 9.17) is 4.74 Å². The Morgan fingerprint density at radius 2 is 1.60 bits per heavy atom. The summed E-state index contributed by atoms with van der Waals surface area (Å²) in [4.78, 5) is 0. The first-order valence-corrected chi connectivity index (χ1v) is 6.91. The number of para-hydroxylation sites is 1. The first-order valence-electron chi connectivity index (χ1n) is 6.91. The van der Waals surface area contributed by atoms with Crippen molar-refractivity contribution in [3.05, 3.63) is 48.5 Å². The molecule has 0 saturated heterocycles. The molecule has 2 N–H and O–H groups in total. The summed E-state index contributed by atoms with van der Waals surface area (Å²) < 4.78 is 5.80. The van der Waals surface area contributed by atoms with Crippen LogP contribution in [0.15, 0.2) is 48.5 Å². The fourth-order valence-electron chi connectivity index (χ4n) is 2.11. The quantitative estimate of drug-likeness (QED) is 0.625. The summed E-state index contributed by atoms with van der Waals surface area (Å²) in [6, 6.07) is 14.9. The van der Waals surface area contributed by atoms with E-state index in [0.717, 1.165) is 29.7 Å². The van der Waals surface area contributed by atoms with Gasteiger partial charge in [0.25, 0.3) is 0 Å². The molecule has 4 heteroatoms. The maximum atomic E-state index is 9.49. The molecule has 2 aromatic rings. The maximum absolute atomic E-state index is 9.49. The van der Waals surface area contributed by atoms with Crippen molar-refractivity contribution in [3.8, 4) is 16.9 Å². The molecule has 3 nitrogen and oxygen atoms in total. The molecular weight excluding hydrogens is 251 g/mol. The third-order valence-corrected chi connectivity index (χ3v) is 3.17. The number of unbranched alkanes of at least 4 members (excludes halogenated alkanes) is 1. The van der Waals surface area contributed by atoms with Crippen LogP contribution in [0.25, 0.3) is 11.1 Å². The van der Waals surface area contributed by atoms with E-state index < -0.39 is 7.12 Å². The van der Waals surface area contributed by atoms with Crippen LogP contribution in [0.4, 0.5) is 0 Å². The molecule has 0 radical (unpaired) electrons. The highest BCUT2D eigenvalue weighted by atomic mass is 16.5. The predicted octanol–water partition coefficient (Wildman–Crippen LogP) is 2.21. The summed E-state index contributed by atoms with van der Waals surface area (Å²) in [7, 11) is -1.49. The monoisotopic (exact) mass is 270 g/mol. The lowest BCUT2D eigenvalue weighted by atomic mass is 9.75. The molecule has 2 rings (SSSR count). The van der Waals surface area contributed by atoms with Crippen molar-refractivity contribution in [2.75, 3.05) is 6.61 Å². The summed E-state index contributed by atoms with van der Waals surface area (Å²) in [6.45, 7) is 2.78. The van der Waals surface area contributed by atoms with Gasteiger partial charge < -0.3 is 14.8 Å². The van der Waals surface area contributed by atoms with Gasteiger partial charge in [0.15, 0.2) is 0 Å². The van der Waals surface area contributed by atoms with Gasteiger partial charge in [-0.05, 0) is 23.5 Å². The van der Waals surface area contributed by atoms with E-state index in [2.05, 4.69) is 6.92 Å². The van der Waals surface area contributed by atoms with Gasteiger partial charge in [-0.15, -0.1) is 0 Å². The van der Waals surface area contributed by atoms with Crippen LogP contribution >= 0.6 is 0 Å². The topological polar surface area (TPSA) is 49.7 Å². The Hall–Kier alpha value is -1.78. The molecule has 104 valence electrons. The zero-order chi connectivity index (χ0) is 14.4. The maximum Gasteiger partial charge on any atom is 0.489 e. The molecule has 0 amide bonds. The van der Waals surface area contributed by atoms with E-state index >= 15 is 0 Å². The third-order valence-electron chi connectivity index (χ3n) is 3.17. The number of hydrogen-bond donors (Lipinski definition) is 2. The molecule has 0 fully saturated rings. The molecule has 0 aliphatic carbocycles. The summed E-state index contributed by atoms with van der Waals surface area (Å²) in [5.74, 6) is 0.772. The van der Waals surface area contributed by atoms with Crippen LogP contribution in [0.5, 0.6) is 5.75 Å². The largest absolute Gasteiger partial charge is 0.493 e. The fraction of sp³-hybridized carbons (Fsp3) is 0.250. The number of rotatable bonds is 6. The van der Waals surface area contributed by atoms with E-state index in [0.29, 0.717) is 12.1 Å². The lowest BCUT2D eigenvalue weighted by Crippen LogP contribution is -2.31. The van der Waals surface area contributed by atoms with Crippen LogP contribution in [0.2, 0.25) is 0 Å². The average molecular weight is 270 g/mol. The van der Waals surface area contributed by atoms with Crippen LogP contribution in [-0.4, -0.2) is 23.8 Å². The Morgan fingerprint density at radius 1 is 0.950 bits per heavy atom. The van der Waals surface area contributed by atoms with Crippen LogP contribution in [0.3, 0.4) is 0 Å². The highest BCUT2D eigenvalue weighted by Crippen LogP contribution is 2.28. The van der Waals surface area contributed by atoms with E-state index in [1.807, 2.05) is 36.4 Å². The van der Waals surface area contributed by atoms with Crippen LogP contribution in [0, 0.1) is 0 Å². The number of ether oxygens (including phenoxy) is 1. The van der Waals surface area contributed by atoms with Gasteiger partial charge in [0.2, 0.25) is 0 Å². The molecule has 0 aliphatic rings. The van der Waals surface area contributed by atoms with Gasteiger partial charge >= 0.3 is 7.12 Å². The molecule has 0 aromatic heterocycles. The normalized spacial score (nSPS) is 10.3. The minimum absolute atomic E-state index is 0.485. The van der Waals surface area contributed by atoms with Gasteiger partial charge in [0, 0.05) is 5.56 Å². The van der Waals surface area contributed by atoms with Crippen molar-refractivity contribution < 1.29 is 14.8 Å². The van der Waals surface area contributed by atoms with Gasteiger partial charge in [-0.2, -0.15) is 0 Å². The molecule has 0 bridgehead atoms. The first-order chi connectivity index (χ1) is 9.74. The van der Waals surface area contributed by atoms with Crippen LogP contribution < -0.4 is 10.2 Å². The van der Waals surface area contributed by atoms with Crippen LogP contribution in [0.1, 0.15) is 19.8 Å². The smallest absolute Gasteiger partial charge is 0.489 e. The number of benzene rings is 2. The van der Waals surface area contributed by atoms with Gasteiger partial charge in [0.1, 0.15) is 5.75 Å². The Labute approximate surface area is 120 Å². The minimum atomic E-state index is -1.49. The second-order valence-corrected chi connectivity index (χ2v) is 4.66. The van der Waals surface area contributed by atoms with E-state index in [1.165, 1.54) is 0 Å². The van der Waals surface area contributed by atoms with Crippen LogP contribution in [-0.2, 0) is 0 Å². The Morgan fingerprint density at radius 3 is 2.30 bits per heavy atom. The van der Waals surface area contributed by atoms with Crippen molar-refractivity contribution in [1.82, 2.24) is 0 Å².